The average Bonchev–Trinajstić information content (AvgIpc) is 3.22. The lowest BCUT2D eigenvalue weighted by Gasteiger charge is -2.28. The van der Waals surface area contributed by atoms with Crippen LogP contribution in [0.2, 0.25) is 5.02 Å². The van der Waals surface area contributed by atoms with E-state index in [0.717, 1.165) is 31.6 Å². The third-order valence-electron chi connectivity index (χ3n) is 5.11. The van der Waals surface area contributed by atoms with Gasteiger partial charge in [0.15, 0.2) is 9.84 Å². The molecule has 0 saturated carbocycles. The van der Waals surface area contributed by atoms with Crippen molar-refractivity contribution in [2.75, 3.05) is 43.6 Å². The van der Waals surface area contributed by atoms with Gasteiger partial charge in [0.2, 0.25) is 5.91 Å². The van der Waals surface area contributed by atoms with Crippen LogP contribution in [0.3, 0.4) is 0 Å². The van der Waals surface area contributed by atoms with Crippen LogP contribution >= 0.6 is 11.6 Å². The first-order chi connectivity index (χ1) is 12.9. The van der Waals surface area contributed by atoms with Crippen LogP contribution in [-0.2, 0) is 14.6 Å². The third-order valence-corrected chi connectivity index (χ3v) is 7.06. The highest BCUT2D eigenvalue weighted by atomic mass is 35.5. The van der Waals surface area contributed by atoms with E-state index in [1.165, 1.54) is 0 Å². The highest BCUT2D eigenvalue weighted by molar-refractivity contribution is 7.91. The van der Waals surface area contributed by atoms with Crippen LogP contribution in [0.1, 0.15) is 19.3 Å². The number of carbonyl (C=O) groups excluding carboxylic acids is 1. The van der Waals surface area contributed by atoms with E-state index in [9.17, 15) is 13.2 Å². The molecule has 1 aromatic carbocycles. The maximum absolute atomic E-state index is 12.4. The minimum Gasteiger partial charge on any atom is -0.495 e. The fourth-order valence-corrected chi connectivity index (χ4v) is 5.93. The van der Waals surface area contributed by atoms with E-state index in [0.29, 0.717) is 17.3 Å². The Labute approximate surface area is 165 Å². The van der Waals surface area contributed by atoms with Crippen LogP contribution in [-0.4, -0.2) is 69.6 Å². The Kier molecular flexibility index (Phi) is 6.49. The molecule has 2 saturated heterocycles. The Balaban J connectivity index is 1.53. The van der Waals surface area contributed by atoms with E-state index in [1.807, 2.05) is 0 Å². The summed E-state index contributed by atoms with van der Waals surface area (Å²) in [7, 11) is -1.54. The predicted molar refractivity (Wildman–Crippen MR) is 106 cm³/mol. The Bertz CT molecular complexity index is 781. The van der Waals surface area contributed by atoms with Gasteiger partial charge in [-0.15, -0.1) is 0 Å². The standard InChI is InChI=1S/C18H26ClN3O4S/c1-26-17-5-4-13(19)10-14(17)20-7-6-18(23)21-15-11-27(24,25)12-16(15)22-8-2-3-9-22/h4-5,10,15-16,20H,2-3,6-9,11-12H2,1H3,(H,21,23). The molecule has 1 aromatic rings. The second kappa shape index (κ2) is 8.67. The monoisotopic (exact) mass is 415 g/mol. The van der Waals surface area contributed by atoms with Gasteiger partial charge in [-0.3, -0.25) is 9.69 Å². The van der Waals surface area contributed by atoms with Gasteiger partial charge in [0.25, 0.3) is 0 Å². The van der Waals surface area contributed by atoms with Gasteiger partial charge < -0.3 is 15.4 Å². The van der Waals surface area contributed by atoms with Gasteiger partial charge in [-0.1, -0.05) is 11.6 Å². The fraction of sp³-hybridized carbons (Fsp3) is 0.611. The number of methoxy groups -OCH3 is 1. The van der Waals surface area contributed by atoms with Crippen molar-refractivity contribution in [3.8, 4) is 5.75 Å². The number of carbonyl (C=O) groups is 1. The Hall–Kier alpha value is -1.51. The molecule has 2 atom stereocenters. The summed E-state index contributed by atoms with van der Waals surface area (Å²) in [6.07, 6.45) is 2.41. The molecule has 2 fully saturated rings. The van der Waals surface area contributed by atoms with Gasteiger partial charge in [-0.25, -0.2) is 8.42 Å². The average molecular weight is 416 g/mol. The number of nitrogens with zero attached hydrogens (tertiary/aromatic N) is 1. The summed E-state index contributed by atoms with van der Waals surface area (Å²) in [4.78, 5) is 14.6. The molecule has 2 aliphatic heterocycles. The summed E-state index contributed by atoms with van der Waals surface area (Å²) in [6.45, 7) is 2.21. The number of anilines is 1. The van der Waals surface area contributed by atoms with Gasteiger partial charge in [0, 0.05) is 24.0 Å². The van der Waals surface area contributed by atoms with E-state index >= 15 is 0 Å². The minimum absolute atomic E-state index is 0.0233. The van der Waals surface area contributed by atoms with Crippen LogP contribution in [0.25, 0.3) is 0 Å². The molecule has 27 heavy (non-hydrogen) atoms. The summed E-state index contributed by atoms with van der Waals surface area (Å²) >= 11 is 6.00. The summed E-state index contributed by atoms with van der Waals surface area (Å²) in [5.41, 5.74) is 0.719. The van der Waals surface area contributed by atoms with Crippen LogP contribution < -0.4 is 15.4 Å². The lowest BCUT2D eigenvalue weighted by Crippen LogP contribution is -2.50. The number of ether oxygens (including phenoxy) is 1. The number of hydrogen-bond donors (Lipinski definition) is 2. The van der Waals surface area contributed by atoms with E-state index in [-0.39, 0.29) is 35.9 Å². The van der Waals surface area contributed by atoms with E-state index in [2.05, 4.69) is 15.5 Å². The molecule has 2 aliphatic rings. The van der Waals surface area contributed by atoms with E-state index < -0.39 is 9.84 Å². The number of amides is 1. The number of nitrogens with one attached hydrogen (secondary N) is 2. The van der Waals surface area contributed by atoms with Crippen molar-refractivity contribution in [1.29, 1.82) is 0 Å². The van der Waals surface area contributed by atoms with Crippen molar-refractivity contribution in [1.82, 2.24) is 10.2 Å². The summed E-state index contributed by atoms with van der Waals surface area (Å²) in [5, 5.41) is 6.65. The zero-order valence-corrected chi connectivity index (χ0v) is 17.0. The first-order valence-electron chi connectivity index (χ1n) is 9.19. The number of hydrogen-bond acceptors (Lipinski definition) is 6. The smallest absolute Gasteiger partial charge is 0.222 e. The van der Waals surface area contributed by atoms with Gasteiger partial charge in [-0.2, -0.15) is 0 Å². The maximum atomic E-state index is 12.4. The Morgan fingerprint density at radius 1 is 1.30 bits per heavy atom. The van der Waals surface area contributed by atoms with Gasteiger partial charge in [0.05, 0.1) is 30.3 Å². The molecule has 0 aliphatic carbocycles. The fourth-order valence-electron chi connectivity index (χ4n) is 3.81. The Morgan fingerprint density at radius 2 is 2.04 bits per heavy atom. The van der Waals surface area contributed by atoms with Gasteiger partial charge in [0.1, 0.15) is 5.75 Å². The molecule has 0 spiro atoms. The molecule has 0 bridgehead atoms. The molecule has 7 nitrogen and oxygen atoms in total. The molecule has 2 unspecified atom stereocenters. The topological polar surface area (TPSA) is 87.7 Å². The molecule has 0 aromatic heterocycles. The molecule has 1 amide bonds. The van der Waals surface area contributed by atoms with Crippen molar-refractivity contribution < 1.29 is 17.9 Å². The van der Waals surface area contributed by atoms with Crippen LogP contribution in [0.5, 0.6) is 5.75 Å². The zero-order chi connectivity index (χ0) is 19.4. The molecule has 2 heterocycles. The number of likely N-dealkylation sites (tertiary alicyclic amines) is 1. The second-order valence-corrected chi connectivity index (χ2v) is 9.67. The van der Waals surface area contributed by atoms with Gasteiger partial charge in [-0.05, 0) is 44.1 Å². The highest BCUT2D eigenvalue weighted by Crippen LogP contribution is 2.27. The molecule has 150 valence electrons. The van der Waals surface area contributed by atoms with Crippen molar-refractivity contribution in [2.24, 2.45) is 0 Å². The van der Waals surface area contributed by atoms with Crippen LogP contribution in [0.4, 0.5) is 5.69 Å². The largest absolute Gasteiger partial charge is 0.495 e. The molecule has 0 radical (unpaired) electrons. The van der Waals surface area contributed by atoms with E-state index in [4.69, 9.17) is 16.3 Å². The maximum Gasteiger partial charge on any atom is 0.222 e. The van der Waals surface area contributed by atoms with Crippen molar-refractivity contribution in [3.05, 3.63) is 23.2 Å². The van der Waals surface area contributed by atoms with Crippen LogP contribution in [0, 0.1) is 0 Å². The predicted octanol–water partition coefficient (Wildman–Crippen LogP) is 1.53. The lowest BCUT2D eigenvalue weighted by atomic mass is 10.1. The molecular formula is C18H26ClN3O4S. The van der Waals surface area contributed by atoms with Gasteiger partial charge >= 0.3 is 0 Å². The molecule has 2 N–H and O–H groups in total. The number of benzene rings is 1. The normalized spacial score (nSPS) is 24.7. The first kappa shape index (κ1) is 20.2. The van der Waals surface area contributed by atoms with Crippen LogP contribution in [0.15, 0.2) is 18.2 Å². The summed E-state index contributed by atoms with van der Waals surface area (Å²) < 4.78 is 29.4. The van der Waals surface area contributed by atoms with Crippen molar-refractivity contribution in [3.63, 3.8) is 0 Å². The first-order valence-corrected chi connectivity index (χ1v) is 11.4. The summed E-state index contributed by atoms with van der Waals surface area (Å²) in [6, 6.07) is 4.79. The highest BCUT2D eigenvalue weighted by Gasteiger charge is 2.42. The minimum atomic E-state index is -3.11. The molecule has 9 heteroatoms. The summed E-state index contributed by atoms with van der Waals surface area (Å²) in [5.74, 6) is 0.649. The van der Waals surface area contributed by atoms with Crippen molar-refractivity contribution >= 4 is 33.0 Å². The SMILES string of the molecule is COc1ccc(Cl)cc1NCCC(=O)NC1CS(=O)(=O)CC1N1CCCC1. The third kappa shape index (κ3) is 5.27. The number of sulfone groups is 1. The zero-order valence-electron chi connectivity index (χ0n) is 15.4. The lowest BCUT2D eigenvalue weighted by molar-refractivity contribution is -0.121. The molecule has 3 rings (SSSR count). The Morgan fingerprint density at radius 3 is 2.74 bits per heavy atom. The number of halogens is 1. The van der Waals surface area contributed by atoms with E-state index in [1.54, 1.807) is 25.3 Å². The second-order valence-electron chi connectivity index (χ2n) is 7.08. The molecular weight excluding hydrogens is 390 g/mol. The van der Waals surface area contributed by atoms with Crippen molar-refractivity contribution in [2.45, 2.75) is 31.3 Å². The number of rotatable bonds is 7. The quantitative estimate of drug-likeness (QED) is 0.702.